The van der Waals surface area contributed by atoms with E-state index in [0.717, 1.165) is 10.4 Å². The second-order valence-electron chi connectivity index (χ2n) is 4.69. The molecule has 2 N–H and O–H groups in total. The fraction of sp³-hybridized carbons (Fsp3) is 0. The molecule has 21 heavy (non-hydrogen) atoms. The third-order valence-corrected chi connectivity index (χ3v) is 4.34. The summed E-state index contributed by atoms with van der Waals surface area (Å²) < 4.78 is 6.59. The number of anilines is 1. The number of hydrogen-bond donors (Lipinski definition) is 1. The molecular formula is C16H11N3OS. The summed E-state index contributed by atoms with van der Waals surface area (Å²) in [6.07, 6.45) is 0. The fourth-order valence-electron chi connectivity index (χ4n) is 2.16. The molecule has 2 aromatic carbocycles. The molecule has 0 amide bonds. The number of aromatic nitrogens is 2. The van der Waals surface area contributed by atoms with E-state index in [1.54, 1.807) is 11.3 Å². The van der Waals surface area contributed by atoms with Crippen molar-refractivity contribution in [3.63, 3.8) is 0 Å². The van der Waals surface area contributed by atoms with Gasteiger partial charge in [0.1, 0.15) is 0 Å². The Morgan fingerprint density at radius 2 is 1.81 bits per heavy atom. The standard InChI is InChI=1S/C16H11N3OS/c17-12-7-5-10(6-8-12)15-18-16(20-19-15)14-9-11-3-1-2-4-13(11)21-14/h1-9H,17H2. The van der Waals surface area contributed by atoms with Gasteiger partial charge in [0.25, 0.3) is 5.89 Å². The monoisotopic (exact) mass is 293 g/mol. The smallest absolute Gasteiger partial charge is 0.268 e. The van der Waals surface area contributed by atoms with Crippen LogP contribution < -0.4 is 5.73 Å². The van der Waals surface area contributed by atoms with Gasteiger partial charge >= 0.3 is 0 Å². The molecule has 4 nitrogen and oxygen atoms in total. The van der Waals surface area contributed by atoms with Crippen molar-refractivity contribution in [2.24, 2.45) is 0 Å². The van der Waals surface area contributed by atoms with Gasteiger partial charge in [-0.3, -0.25) is 0 Å². The van der Waals surface area contributed by atoms with E-state index in [1.165, 1.54) is 10.1 Å². The molecule has 102 valence electrons. The third kappa shape index (κ3) is 2.17. The zero-order valence-corrected chi connectivity index (χ0v) is 11.8. The summed E-state index contributed by atoms with van der Waals surface area (Å²) in [6.45, 7) is 0. The Balaban J connectivity index is 1.75. The highest BCUT2D eigenvalue weighted by Gasteiger charge is 2.13. The SMILES string of the molecule is Nc1ccc(-c2noc(-c3cc4ccccc4s3)n2)cc1. The molecular weight excluding hydrogens is 282 g/mol. The van der Waals surface area contributed by atoms with Gasteiger partial charge in [-0.15, -0.1) is 11.3 Å². The molecule has 0 bridgehead atoms. The molecule has 0 saturated carbocycles. The highest BCUT2D eigenvalue weighted by molar-refractivity contribution is 7.22. The normalized spacial score (nSPS) is 11.0. The molecule has 0 fully saturated rings. The summed E-state index contributed by atoms with van der Waals surface area (Å²) in [5.41, 5.74) is 7.29. The first-order chi connectivity index (χ1) is 10.3. The van der Waals surface area contributed by atoms with E-state index in [0.29, 0.717) is 17.4 Å². The van der Waals surface area contributed by atoms with Gasteiger partial charge in [-0.1, -0.05) is 23.4 Å². The van der Waals surface area contributed by atoms with Gasteiger partial charge < -0.3 is 10.3 Å². The van der Waals surface area contributed by atoms with Crippen LogP contribution in [0.2, 0.25) is 0 Å². The van der Waals surface area contributed by atoms with Crippen molar-refractivity contribution in [3.8, 4) is 22.2 Å². The van der Waals surface area contributed by atoms with Crippen LogP contribution in [-0.2, 0) is 0 Å². The first kappa shape index (κ1) is 12.1. The van der Waals surface area contributed by atoms with Gasteiger partial charge in [0, 0.05) is 16.0 Å². The lowest BCUT2D eigenvalue weighted by atomic mass is 10.2. The van der Waals surface area contributed by atoms with E-state index < -0.39 is 0 Å². The minimum Gasteiger partial charge on any atom is -0.399 e. The van der Waals surface area contributed by atoms with Crippen LogP contribution in [0.1, 0.15) is 0 Å². The molecule has 2 aromatic heterocycles. The number of nitrogens with two attached hydrogens (primary N) is 1. The molecule has 0 spiro atoms. The molecule has 5 heteroatoms. The summed E-state index contributed by atoms with van der Waals surface area (Å²) >= 11 is 1.65. The van der Waals surface area contributed by atoms with Crippen molar-refractivity contribution in [3.05, 3.63) is 54.6 Å². The zero-order valence-electron chi connectivity index (χ0n) is 11.0. The minimum absolute atomic E-state index is 0.544. The fourth-order valence-corrected chi connectivity index (χ4v) is 3.14. The lowest BCUT2D eigenvalue weighted by Crippen LogP contribution is -1.85. The van der Waals surface area contributed by atoms with E-state index >= 15 is 0 Å². The highest BCUT2D eigenvalue weighted by atomic mass is 32.1. The first-order valence-corrected chi connectivity index (χ1v) is 7.30. The van der Waals surface area contributed by atoms with Gasteiger partial charge in [0.05, 0.1) is 4.88 Å². The number of nitrogens with zero attached hydrogens (tertiary/aromatic N) is 2. The maximum atomic E-state index is 5.68. The lowest BCUT2D eigenvalue weighted by molar-refractivity contribution is 0.433. The average molecular weight is 293 g/mol. The second kappa shape index (κ2) is 4.71. The topological polar surface area (TPSA) is 64.9 Å². The van der Waals surface area contributed by atoms with Gasteiger partial charge in [-0.25, -0.2) is 0 Å². The van der Waals surface area contributed by atoms with Crippen LogP contribution in [0.5, 0.6) is 0 Å². The zero-order chi connectivity index (χ0) is 14.2. The van der Waals surface area contributed by atoms with E-state index in [2.05, 4.69) is 28.3 Å². The molecule has 4 aromatic rings. The Morgan fingerprint density at radius 3 is 2.62 bits per heavy atom. The van der Waals surface area contributed by atoms with Gasteiger partial charge in [-0.2, -0.15) is 4.98 Å². The molecule has 0 saturated heterocycles. The summed E-state index contributed by atoms with van der Waals surface area (Å²) in [7, 11) is 0. The first-order valence-electron chi connectivity index (χ1n) is 6.48. The molecule has 0 aliphatic rings. The van der Waals surface area contributed by atoms with Crippen LogP contribution in [0, 0.1) is 0 Å². The number of nitrogen functional groups attached to an aromatic ring is 1. The van der Waals surface area contributed by atoms with Crippen molar-refractivity contribution < 1.29 is 4.52 Å². The molecule has 2 heterocycles. The summed E-state index contributed by atoms with van der Waals surface area (Å²) in [6, 6.07) is 17.7. The number of thiophene rings is 1. The van der Waals surface area contributed by atoms with Crippen molar-refractivity contribution in [1.29, 1.82) is 0 Å². The summed E-state index contributed by atoms with van der Waals surface area (Å²) in [5.74, 6) is 1.12. The second-order valence-corrected chi connectivity index (χ2v) is 5.78. The van der Waals surface area contributed by atoms with Crippen molar-refractivity contribution in [2.45, 2.75) is 0 Å². The highest BCUT2D eigenvalue weighted by Crippen LogP contribution is 2.33. The molecule has 4 rings (SSSR count). The predicted octanol–water partition coefficient (Wildman–Crippen LogP) is 4.20. The Labute approximate surface area is 124 Å². The van der Waals surface area contributed by atoms with Gasteiger partial charge in [-0.05, 0) is 41.8 Å². The minimum atomic E-state index is 0.544. The van der Waals surface area contributed by atoms with Crippen LogP contribution >= 0.6 is 11.3 Å². The average Bonchev–Trinajstić information content (AvgIpc) is 3.14. The lowest BCUT2D eigenvalue weighted by Gasteiger charge is -1.94. The van der Waals surface area contributed by atoms with Crippen molar-refractivity contribution >= 4 is 27.1 Å². The maximum Gasteiger partial charge on any atom is 0.268 e. The van der Waals surface area contributed by atoms with Crippen LogP contribution in [0.3, 0.4) is 0 Å². The molecule has 0 radical (unpaired) electrons. The molecule has 0 aliphatic carbocycles. The summed E-state index contributed by atoms with van der Waals surface area (Å²) in [5, 5.41) is 5.23. The molecule has 0 aliphatic heterocycles. The Kier molecular flexibility index (Phi) is 2.72. The van der Waals surface area contributed by atoms with E-state index in [4.69, 9.17) is 10.3 Å². The Bertz CT molecular complexity index is 876. The van der Waals surface area contributed by atoms with Crippen LogP contribution in [0.4, 0.5) is 5.69 Å². The maximum absolute atomic E-state index is 5.68. The van der Waals surface area contributed by atoms with Crippen molar-refractivity contribution in [2.75, 3.05) is 5.73 Å². The van der Waals surface area contributed by atoms with E-state index in [-0.39, 0.29) is 0 Å². The van der Waals surface area contributed by atoms with Crippen LogP contribution in [-0.4, -0.2) is 10.1 Å². The number of benzene rings is 2. The number of hydrogen-bond acceptors (Lipinski definition) is 5. The summed E-state index contributed by atoms with van der Waals surface area (Å²) in [4.78, 5) is 5.44. The van der Waals surface area contributed by atoms with Crippen LogP contribution in [0.15, 0.2) is 59.1 Å². The van der Waals surface area contributed by atoms with Crippen molar-refractivity contribution in [1.82, 2.24) is 10.1 Å². The third-order valence-electron chi connectivity index (χ3n) is 3.23. The Morgan fingerprint density at radius 1 is 1.00 bits per heavy atom. The van der Waals surface area contributed by atoms with E-state index in [9.17, 15) is 0 Å². The van der Waals surface area contributed by atoms with Crippen LogP contribution in [0.25, 0.3) is 32.2 Å². The largest absolute Gasteiger partial charge is 0.399 e. The van der Waals surface area contributed by atoms with Gasteiger partial charge in [0.2, 0.25) is 5.82 Å². The molecule has 0 atom stereocenters. The number of rotatable bonds is 2. The molecule has 0 unspecified atom stereocenters. The quantitative estimate of drug-likeness (QED) is 0.562. The number of fused-ring (bicyclic) bond motifs is 1. The van der Waals surface area contributed by atoms with Gasteiger partial charge in [0.15, 0.2) is 0 Å². The Hall–Kier alpha value is -2.66. The van der Waals surface area contributed by atoms with E-state index in [1.807, 2.05) is 36.4 Å². The predicted molar refractivity (Wildman–Crippen MR) is 85.0 cm³/mol.